The van der Waals surface area contributed by atoms with Crippen LogP contribution in [-0.4, -0.2) is 13.0 Å². The number of aromatic nitrogens is 1. The Hall–Kier alpha value is -3.89. The molecule has 5 aromatic rings. The number of nitrogens with zero attached hydrogens (tertiary/aromatic N) is 1. The average Bonchev–Trinajstić information content (AvgIpc) is 3.17. The molecule has 0 aliphatic rings. The van der Waals surface area contributed by atoms with Crippen molar-refractivity contribution in [3.05, 3.63) is 143 Å². The molecule has 4 heteroatoms. The van der Waals surface area contributed by atoms with Gasteiger partial charge in [0.05, 0.1) is 10.6 Å². The van der Waals surface area contributed by atoms with Crippen LogP contribution >= 0.6 is 0 Å². The fourth-order valence-electron chi connectivity index (χ4n) is 4.77. The molecular weight excluding hydrogens is 462 g/mol. The van der Waals surface area contributed by atoms with Crippen molar-refractivity contribution in [2.45, 2.75) is 36.6 Å². The van der Waals surface area contributed by atoms with E-state index in [1.807, 2.05) is 92.7 Å². The summed E-state index contributed by atoms with van der Waals surface area (Å²) in [6, 6.07) is 37.5. The molecule has 0 unspecified atom stereocenters. The first-order valence-corrected chi connectivity index (χ1v) is 13.6. The molecule has 0 saturated carbocycles. The number of benzene rings is 4. The molecule has 3 nitrogen and oxygen atoms in total. The first kappa shape index (κ1) is 23.8. The fourth-order valence-corrected chi connectivity index (χ4v) is 6.51. The molecule has 0 aliphatic carbocycles. The first-order chi connectivity index (χ1) is 17.4. The fraction of sp³-hybridized carbons (Fsp3) is 0.125. The second-order valence-corrected chi connectivity index (χ2v) is 11.1. The zero-order chi connectivity index (χ0) is 25.1. The molecule has 0 N–H and O–H groups in total. The van der Waals surface area contributed by atoms with Gasteiger partial charge in [-0.1, -0.05) is 109 Å². The van der Waals surface area contributed by atoms with Crippen molar-refractivity contribution in [3.8, 4) is 11.3 Å². The highest BCUT2D eigenvalue weighted by Gasteiger charge is 2.31. The van der Waals surface area contributed by atoms with Crippen LogP contribution in [0.4, 0.5) is 0 Å². The largest absolute Gasteiger partial charge is 0.338 e. The van der Waals surface area contributed by atoms with Gasteiger partial charge in [-0.2, -0.15) is 0 Å². The molecule has 0 atom stereocenters. The van der Waals surface area contributed by atoms with Gasteiger partial charge in [-0.15, -0.1) is 0 Å². The van der Waals surface area contributed by atoms with Crippen molar-refractivity contribution in [2.24, 2.45) is 0 Å². The number of aryl methyl sites for hydroxylation is 1. The molecule has 0 radical (unpaired) electrons. The van der Waals surface area contributed by atoms with Crippen molar-refractivity contribution in [3.63, 3.8) is 0 Å². The van der Waals surface area contributed by atoms with Gasteiger partial charge in [0.15, 0.2) is 0 Å². The van der Waals surface area contributed by atoms with Crippen LogP contribution in [0.1, 0.15) is 27.9 Å². The molecule has 0 saturated heterocycles. The molecular formula is C32H29NO2S. The third kappa shape index (κ3) is 4.65. The van der Waals surface area contributed by atoms with Crippen molar-refractivity contribution in [1.29, 1.82) is 0 Å². The van der Waals surface area contributed by atoms with E-state index in [9.17, 15) is 8.42 Å². The Morgan fingerprint density at radius 1 is 0.639 bits per heavy atom. The summed E-state index contributed by atoms with van der Waals surface area (Å²) in [7, 11) is -3.77. The molecule has 1 heterocycles. The lowest BCUT2D eigenvalue weighted by Gasteiger charge is -2.16. The van der Waals surface area contributed by atoms with Crippen molar-refractivity contribution in [1.82, 2.24) is 4.57 Å². The normalized spacial score (nSPS) is 11.5. The van der Waals surface area contributed by atoms with E-state index in [0.717, 1.165) is 39.2 Å². The first-order valence-electron chi connectivity index (χ1n) is 12.1. The van der Waals surface area contributed by atoms with Crippen LogP contribution in [0, 0.1) is 13.8 Å². The molecule has 4 aromatic carbocycles. The lowest BCUT2D eigenvalue weighted by molar-refractivity contribution is 0.595. The predicted molar refractivity (Wildman–Crippen MR) is 146 cm³/mol. The summed E-state index contributed by atoms with van der Waals surface area (Å²) in [5, 5.41) is 0. The van der Waals surface area contributed by atoms with Crippen LogP contribution in [0.2, 0.25) is 0 Å². The van der Waals surface area contributed by atoms with Crippen molar-refractivity contribution < 1.29 is 8.42 Å². The Labute approximate surface area is 213 Å². The number of sulfone groups is 1. The van der Waals surface area contributed by atoms with E-state index >= 15 is 0 Å². The Morgan fingerprint density at radius 3 is 1.75 bits per heavy atom. The maximum Gasteiger partial charge on any atom is 0.209 e. The van der Waals surface area contributed by atoms with Crippen LogP contribution in [0.3, 0.4) is 0 Å². The Balaban J connectivity index is 1.81. The predicted octanol–water partition coefficient (Wildman–Crippen LogP) is 7.24. The summed E-state index contributed by atoms with van der Waals surface area (Å²) in [6.45, 7) is 4.50. The van der Waals surface area contributed by atoms with Gasteiger partial charge < -0.3 is 4.57 Å². The third-order valence-corrected chi connectivity index (χ3v) is 8.56. The number of rotatable bonds is 7. The SMILES string of the molecule is Cc1ccc(S(=O)(=O)c2c(C)c(Cc3ccccc3)n(Cc3ccccc3)c2-c2ccccc2)cc1. The number of hydrogen-bond donors (Lipinski definition) is 0. The monoisotopic (exact) mass is 491 g/mol. The minimum Gasteiger partial charge on any atom is -0.338 e. The van der Waals surface area contributed by atoms with E-state index < -0.39 is 9.84 Å². The lowest BCUT2D eigenvalue weighted by Crippen LogP contribution is -2.08. The molecule has 0 amide bonds. The van der Waals surface area contributed by atoms with Gasteiger partial charge >= 0.3 is 0 Å². The van der Waals surface area contributed by atoms with Crippen molar-refractivity contribution >= 4 is 9.84 Å². The molecule has 180 valence electrons. The second kappa shape index (κ2) is 10.00. The average molecular weight is 492 g/mol. The molecule has 0 spiro atoms. The third-order valence-electron chi connectivity index (χ3n) is 6.63. The summed E-state index contributed by atoms with van der Waals surface area (Å²) < 4.78 is 30.6. The summed E-state index contributed by atoms with van der Waals surface area (Å²) >= 11 is 0. The van der Waals surface area contributed by atoms with Gasteiger partial charge in [0.1, 0.15) is 4.90 Å². The molecule has 36 heavy (non-hydrogen) atoms. The van der Waals surface area contributed by atoms with E-state index in [1.165, 1.54) is 0 Å². The highest BCUT2D eigenvalue weighted by molar-refractivity contribution is 7.91. The zero-order valence-corrected chi connectivity index (χ0v) is 21.4. The Morgan fingerprint density at radius 2 is 1.17 bits per heavy atom. The molecule has 0 fully saturated rings. The van der Waals surface area contributed by atoms with Gasteiger partial charge in [0.25, 0.3) is 0 Å². The summed E-state index contributed by atoms with van der Waals surface area (Å²) in [5.41, 5.74) is 6.73. The van der Waals surface area contributed by atoms with E-state index in [1.54, 1.807) is 12.1 Å². The number of hydrogen-bond acceptors (Lipinski definition) is 2. The van der Waals surface area contributed by atoms with Crippen molar-refractivity contribution in [2.75, 3.05) is 0 Å². The smallest absolute Gasteiger partial charge is 0.209 e. The maximum atomic E-state index is 14.2. The minimum absolute atomic E-state index is 0.316. The van der Waals surface area contributed by atoms with E-state index in [-0.39, 0.29) is 0 Å². The van der Waals surface area contributed by atoms with Gasteiger partial charge in [-0.25, -0.2) is 8.42 Å². The molecule has 0 bridgehead atoms. The lowest BCUT2D eigenvalue weighted by atomic mass is 10.1. The Bertz CT molecular complexity index is 1570. The Kier molecular flexibility index (Phi) is 6.62. The minimum atomic E-state index is -3.77. The molecule has 1 aromatic heterocycles. The van der Waals surface area contributed by atoms with Crippen LogP contribution in [-0.2, 0) is 22.8 Å². The highest BCUT2D eigenvalue weighted by Crippen LogP contribution is 2.39. The van der Waals surface area contributed by atoms with Gasteiger partial charge in [0, 0.05) is 18.7 Å². The molecule has 5 rings (SSSR count). The second-order valence-electron chi connectivity index (χ2n) is 9.17. The van der Waals surface area contributed by atoms with Gasteiger partial charge in [-0.3, -0.25) is 0 Å². The highest BCUT2D eigenvalue weighted by atomic mass is 32.2. The van der Waals surface area contributed by atoms with Crippen LogP contribution < -0.4 is 0 Å². The summed E-state index contributed by atoms with van der Waals surface area (Å²) in [4.78, 5) is 0.705. The molecule has 0 aliphatic heterocycles. The van der Waals surface area contributed by atoms with E-state index in [2.05, 4.69) is 28.8 Å². The standard InChI is InChI=1S/C32H29NO2S/c1-24-18-20-29(21-19-24)36(34,35)32-25(2)30(22-26-12-6-3-7-13-26)33(23-27-14-8-4-9-15-27)31(32)28-16-10-5-11-17-28/h3-21H,22-23H2,1-2H3. The van der Waals surface area contributed by atoms with Gasteiger partial charge in [0.2, 0.25) is 9.84 Å². The quantitative estimate of drug-likeness (QED) is 0.241. The zero-order valence-electron chi connectivity index (χ0n) is 20.6. The maximum absolute atomic E-state index is 14.2. The summed E-state index contributed by atoms with van der Waals surface area (Å²) in [6.07, 6.45) is 0.642. The van der Waals surface area contributed by atoms with Crippen LogP contribution in [0.25, 0.3) is 11.3 Å². The van der Waals surface area contributed by atoms with E-state index in [0.29, 0.717) is 22.8 Å². The summed E-state index contributed by atoms with van der Waals surface area (Å²) in [5.74, 6) is 0. The van der Waals surface area contributed by atoms with Gasteiger partial charge in [-0.05, 0) is 48.2 Å². The van der Waals surface area contributed by atoms with E-state index in [4.69, 9.17) is 0 Å². The topological polar surface area (TPSA) is 39.1 Å². The van der Waals surface area contributed by atoms with Crippen LogP contribution in [0.15, 0.2) is 125 Å². The van der Waals surface area contributed by atoms with Crippen LogP contribution in [0.5, 0.6) is 0 Å².